The van der Waals surface area contributed by atoms with E-state index >= 15 is 0 Å². The van der Waals surface area contributed by atoms with E-state index in [-0.39, 0.29) is 17.5 Å². The van der Waals surface area contributed by atoms with Crippen LogP contribution in [0.25, 0.3) is 0 Å². The minimum absolute atomic E-state index is 0.0122. The molecule has 9 nitrogen and oxygen atoms in total. The number of carbonyl (C=O) groups is 1. The van der Waals surface area contributed by atoms with Crippen molar-refractivity contribution >= 4 is 33.9 Å². The van der Waals surface area contributed by atoms with Crippen LogP contribution in [0.2, 0.25) is 0 Å². The Hall–Kier alpha value is -2.75. The van der Waals surface area contributed by atoms with Crippen molar-refractivity contribution in [3.05, 3.63) is 39.5 Å². The predicted octanol–water partition coefficient (Wildman–Crippen LogP) is 2.32. The second-order valence-corrected chi connectivity index (χ2v) is 8.31. The van der Waals surface area contributed by atoms with Gasteiger partial charge in [-0.25, -0.2) is 9.97 Å². The number of amides is 1. The summed E-state index contributed by atoms with van der Waals surface area (Å²) in [6.45, 7) is 6.43. The number of hydrogen-bond acceptors (Lipinski definition) is 8. The molecule has 0 atom stereocenters. The van der Waals surface area contributed by atoms with Crippen molar-refractivity contribution in [2.24, 2.45) is 5.92 Å². The number of thiazole rings is 1. The number of piperidine rings is 1. The maximum absolute atomic E-state index is 12.9. The van der Waals surface area contributed by atoms with Crippen LogP contribution in [0.5, 0.6) is 0 Å². The lowest BCUT2D eigenvalue weighted by atomic mass is 9.95. The summed E-state index contributed by atoms with van der Waals surface area (Å²) in [7, 11) is 0. The number of hydrogen-bond donors (Lipinski definition) is 0. The maximum Gasteiger partial charge on any atom is 0.287 e. The molecule has 4 heterocycles. The fraction of sp³-hybridized carbons (Fsp3) is 0.526. The smallest absolute Gasteiger partial charge is 0.287 e. The normalized spacial score (nSPS) is 18.2. The van der Waals surface area contributed by atoms with Crippen LogP contribution in [0.15, 0.2) is 23.7 Å². The van der Waals surface area contributed by atoms with Crippen molar-refractivity contribution in [2.75, 3.05) is 49.1 Å². The van der Waals surface area contributed by atoms with Crippen LogP contribution < -0.4 is 9.80 Å². The van der Waals surface area contributed by atoms with Gasteiger partial charge >= 0.3 is 0 Å². The Morgan fingerprint density at radius 2 is 1.86 bits per heavy atom. The summed E-state index contributed by atoms with van der Waals surface area (Å²) in [5.74, 6) is 1.04. The van der Waals surface area contributed by atoms with Crippen LogP contribution in [0.4, 0.5) is 16.6 Å². The van der Waals surface area contributed by atoms with E-state index in [4.69, 9.17) is 0 Å². The van der Waals surface area contributed by atoms with Gasteiger partial charge < -0.3 is 14.7 Å². The Balaban J connectivity index is 1.27. The SMILES string of the molecule is Cc1csc(N2CCC(C(=O)N3CCN(c4ccc([N+](=O)[O-])cn4)CC3)CC2)n1. The molecule has 0 aromatic carbocycles. The van der Waals surface area contributed by atoms with Crippen molar-refractivity contribution in [1.82, 2.24) is 14.9 Å². The highest BCUT2D eigenvalue weighted by Gasteiger charge is 2.31. The van der Waals surface area contributed by atoms with Crippen LogP contribution in [-0.2, 0) is 4.79 Å². The first kappa shape index (κ1) is 19.6. The molecule has 2 aromatic rings. The highest BCUT2D eigenvalue weighted by atomic mass is 32.1. The first-order valence-electron chi connectivity index (χ1n) is 9.82. The second kappa shape index (κ2) is 8.32. The largest absolute Gasteiger partial charge is 0.353 e. The van der Waals surface area contributed by atoms with Crippen molar-refractivity contribution in [3.63, 3.8) is 0 Å². The summed E-state index contributed by atoms with van der Waals surface area (Å²) >= 11 is 1.66. The van der Waals surface area contributed by atoms with Gasteiger partial charge in [-0.2, -0.15) is 0 Å². The number of aryl methyl sites for hydroxylation is 1. The van der Waals surface area contributed by atoms with E-state index in [1.807, 2.05) is 11.8 Å². The average molecular weight is 417 g/mol. The molecule has 154 valence electrons. The van der Waals surface area contributed by atoms with Gasteiger partial charge in [0.15, 0.2) is 5.13 Å². The van der Waals surface area contributed by atoms with Gasteiger partial charge in [-0.15, -0.1) is 11.3 Å². The third kappa shape index (κ3) is 4.31. The van der Waals surface area contributed by atoms with Gasteiger partial charge in [0, 0.05) is 56.6 Å². The van der Waals surface area contributed by atoms with E-state index in [0.717, 1.165) is 42.6 Å². The Bertz CT molecular complexity index is 870. The molecule has 2 saturated heterocycles. The van der Waals surface area contributed by atoms with E-state index in [1.54, 1.807) is 17.4 Å². The number of nitrogens with zero attached hydrogens (tertiary/aromatic N) is 6. The predicted molar refractivity (Wildman–Crippen MR) is 111 cm³/mol. The van der Waals surface area contributed by atoms with Gasteiger partial charge in [-0.3, -0.25) is 14.9 Å². The van der Waals surface area contributed by atoms with Crippen molar-refractivity contribution in [2.45, 2.75) is 19.8 Å². The molecular formula is C19H24N6O3S. The van der Waals surface area contributed by atoms with E-state index in [0.29, 0.717) is 26.2 Å². The Morgan fingerprint density at radius 3 is 2.41 bits per heavy atom. The number of aromatic nitrogens is 2. The third-order valence-electron chi connectivity index (χ3n) is 5.58. The minimum Gasteiger partial charge on any atom is -0.353 e. The first-order valence-corrected chi connectivity index (χ1v) is 10.7. The molecule has 1 amide bonds. The highest BCUT2D eigenvalue weighted by molar-refractivity contribution is 7.13. The van der Waals surface area contributed by atoms with Gasteiger partial charge in [-0.05, 0) is 25.8 Å². The second-order valence-electron chi connectivity index (χ2n) is 7.48. The molecule has 0 unspecified atom stereocenters. The highest BCUT2D eigenvalue weighted by Crippen LogP contribution is 2.27. The average Bonchev–Trinajstić information content (AvgIpc) is 3.20. The number of rotatable bonds is 4. The van der Waals surface area contributed by atoms with E-state index < -0.39 is 4.92 Å². The lowest BCUT2D eigenvalue weighted by molar-refractivity contribution is -0.385. The van der Waals surface area contributed by atoms with Gasteiger partial charge in [-0.1, -0.05) is 0 Å². The maximum atomic E-state index is 12.9. The van der Waals surface area contributed by atoms with E-state index in [1.165, 1.54) is 12.3 Å². The number of nitro groups is 1. The summed E-state index contributed by atoms with van der Waals surface area (Å²) in [5.41, 5.74) is 1.03. The monoisotopic (exact) mass is 416 g/mol. The molecule has 10 heteroatoms. The molecule has 0 saturated carbocycles. The first-order chi connectivity index (χ1) is 14.0. The number of carbonyl (C=O) groups excluding carboxylic acids is 1. The molecule has 0 bridgehead atoms. The van der Waals surface area contributed by atoms with E-state index in [2.05, 4.69) is 25.1 Å². The molecule has 2 aromatic heterocycles. The fourth-order valence-electron chi connectivity index (χ4n) is 3.89. The molecular weight excluding hydrogens is 392 g/mol. The zero-order valence-electron chi connectivity index (χ0n) is 16.4. The van der Waals surface area contributed by atoms with Gasteiger partial charge in [0.1, 0.15) is 12.0 Å². The summed E-state index contributed by atoms with van der Waals surface area (Å²) in [4.78, 5) is 38.3. The molecule has 0 radical (unpaired) electrons. The van der Waals surface area contributed by atoms with Crippen molar-refractivity contribution < 1.29 is 9.72 Å². The van der Waals surface area contributed by atoms with Gasteiger partial charge in [0.05, 0.1) is 10.6 Å². The van der Waals surface area contributed by atoms with Gasteiger partial charge in [0.25, 0.3) is 5.69 Å². The zero-order chi connectivity index (χ0) is 20.4. The summed E-state index contributed by atoms with van der Waals surface area (Å²) in [6.07, 6.45) is 3.01. The molecule has 29 heavy (non-hydrogen) atoms. The zero-order valence-corrected chi connectivity index (χ0v) is 17.2. The standard InChI is InChI=1S/C19H24N6O3S/c1-14-13-29-19(21-14)24-6-4-15(5-7-24)18(26)23-10-8-22(9-11-23)17-3-2-16(12-20-17)25(27)28/h2-3,12-13,15H,4-11H2,1H3. The van der Waals surface area contributed by atoms with Crippen molar-refractivity contribution in [3.8, 4) is 0 Å². The quantitative estimate of drug-likeness (QED) is 0.557. The molecule has 0 spiro atoms. The molecule has 4 rings (SSSR count). The van der Waals surface area contributed by atoms with E-state index in [9.17, 15) is 14.9 Å². The topological polar surface area (TPSA) is 95.7 Å². The van der Waals surface area contributed by atoms with Crippen LogP contribution in [0.3, 0.4) is 0 Å². The fourth-order valence-corrected chi connectivity index (χ4v) is 4.75. The summed E-state index contributed by atoms with van der Waals surface area (Å²) in [6, 6.07) is 3.14. The summed E-state index contributed by atoms with van der Waals surface area (Å²) < 4.78 is 0. The van der Waals surface area contributed by atoms with Gasteiger partial charge in [0.2, 0.25) is 5.91 Å². The number of piperazine rings is 1. The van der Waals surface area contributed by atoms with Crippen LogP contribution in [0, 0.1) is 23.0 Å². The number of anilines is 2. The lowest BCUT2D eigenvalue weighted by Crippen LogP contribution is -2.51. The van der Waals surface area contributed by atoms with Crippen LogP contribution in [-0.4, -0.2) is 65.0 Å². The Labute approximate surface area is 173 Å². The molecule has 0 aliphatic carbocycles. The van der Waals surface area contributed by atoms with Crippen LogP contribution in [0.1, 0.15) is 18.5 Å². The minimum atomic E-state index is -0.450. The third-order valence-corrected chi connectivity index (χ3v) is 6.60. The molecule has 2 aliphatic heterocycles. The Kier molecular flexibility index (Phi) is 5.61. The Morgan fingerprint density at radius 1 is 1.14 bits per heavy atom. The molecule has 2 aliphatic rings. The number of pyridine rings is 1. The molecule has 0 N–H and O–H groups in total. The summed E-state index contributed by atoms with van der Waals surface area (Å²) in [5, 5.41) is 13.9. The lowest BCUT2D eigenvalue weighted by Gasteiger charge is -2.39. The molecule has 2 fully saturated rings. The van der Waals surface area contributed by atoms with Crippen molar-refractivity contribution in [1.29, 1.82) is 0 Å². The van der Waals surface area contributed by atoms with Crippen LogP contribution >= 0.6 is 11.3 Å².